The summed E-state index contributed by atoms with van der Waals surface area (Å²) in [5.74, 6) is 0.591. The quantitative estimate of drug-likeness (QED) is 0.847. The van der Waals surface area contributed by atoms with Gasteiger partial charge in [-0.15, -0.1) is 0 Å². The lowest BCUT2D eigenvalue weighted by atomic mass is 9.83. The van der Waals surface area contributed by atoms with Gasteiger partial charge < -0.3 is 15.1 Å². The lowest BCUT2D eigenvalue weighted by molar-refractivity contribution is -0.126. The van der Waals surface area contributed by atoms with E-state index in [1.54, 1.807) is 0 Å². The second kappa shape index (κ2) is 8.04. The summed E-state index contributed by atoms with van der Waals surface area (Å²) < 4.78 is 0. The van der Waals surface area contributed by atoms with Crippen LogP contribution in [0.4, 0.5) is 11.4 Å². The SMILES string of the molecule is CC(C)CNC(=O)C1Cc2ccccc2N2CCN(c3ccc(Cl)cc3)CC12. The number of carbonyl (C=O) groups excluding carboxylic acids is 1. The van der Waals surface area contributed by atoms with Gasteiger partial charge in [0.1, 0.15) is 0 Å². The van der Waals surface area contributed by atoms with E-state index in [0.29, 0.717) is 5.92 Å². The maximum absolute atomic E-state index is 13.1. The fraction of sp³-hybridized carbons (Fsp3) is 0.435. The van der Waals surface area contributed by atoms with E-state index in [0.717, 1.165) is 37.6 Å². The standard InChI is InChI=1S/C23H28ClN3O/c1-16(2)14-25-23(28)20-13-17-5-3-4-6-21(17)27-12-11-26(15-22(20)27)19-9-7-18(24)8-10-19/h3-10,16,20,22H,11-15H2,1-2H3,(H,25,28). The molecule has 1 fully saturated rings. The van der Waals surface area contributed by atoms with Crippen molar-refractivity contribution in [2.75, 3.05) is 36.0 Å². The van der Waals surface area contributed by atoms with Crippen LogP contribution in [0.3, 0.4) is 0 Å². The Morgan fingerprint density at radius 1 is 1.14 bits per heavy atom. The number of hydrogen-bond donors (Lipinski definition) is 1. The highest BCUT2D eigenvalue weighted by Crippen LogP contribution is 2.37. The molecule has 1 N–H and O–H groups in total. The Kier molecular flexibility index (Phi) is 5.49. The number of nitrogens with one attached hydrogen (secondary N) is 1. The van der Waals surface area contributed by atoms with Crippen LogP contribution in [0.15, 0.2) is 48.5 Å². The van der Waals surface area contributed by atoms with E-state index in [2.05, 4.69) is 65.4 Å². The zero-order valence-corrected chi connectivity index (χ0v) is 17.3. The topological polar surface area (TPSA) is 35.6 Å². The van der Waals surface area contributed by atoms with Gasteiger partial charge >= 0.3 is 0 Å². The van der Waals surface area contributed by atoms with Crippen LogP contribution in [0.5, 0.6) is 0 Å². The summed E-state index contributed by atoms with van der Waals surface area (Å²) in [6.45, 7) is 7.68. The lowest BCUT2D eigenvalue weighted by Gasteiger charge is -2.49. The molecule has 1 amide bonds. The Labute approximate surface area is 172 Å². The molecule has 0 bridgehead atoms. The van der Waals surface area contributed by atoms with Gasteiger partial charge in [-0.1, -0.05) is 43.6 Å². The minimum atomic E-state index is -0.0382. The van der Waals surface area contributed by atoms with Gasteiger partial charge in [-0.25, -0.2) is 0 Å². The smallest absolute Gasteiger partial charge is 0.225 e. The molecule has 148 valence electrons. The minimum absolute atomic E-state index is 0.0382. The minimum Gasteiger partial charge on any atom is -0.368 e. The molecule has 4 nitrogen and oxygen atoms in total. The van der Waals surface area contributed by atoms with Crippen molar-refractivity contribution < 1.29 is 4.79 Å². The third-order valence-electron chi connectivity index (χ3n) is 5.84. The number of fused-ring (bicyclic) bond motifs is 3. The van der Waals surface area contributed by atoms with Gasteiger partial charge in [0.2, 0.25) is 5.91 Å². The predicted molar refractivity (Wildman–Crippen MR) is 116 cm³/mol. The van der Waals surface area contributed by atoms with E-state index in [-0.39, 0.29) is 17.9 Å². The molecule has 0 spiro atoms. The van der Waals surface area contributed by atoms with Crippen molar-refractivity contribution in [1.82, 2.24) is 5.32 Å². The summed E-state index contributed by atoms with van der Waals surface area (Å²) in [5, 5.41) is 3.93. The number of para-hydroxylation sites is 1. The normalized spacial score (nSPS) is 21.3. The van der Waals surface area contributed by atoms with Gasteiger partial charge in [-0.2, -0.15) is 0 Å². The molecule has 0 saturated carbocycles. The maximum atomic E-state index is 13.1. The number of carbonyl (C=O) groups is 1. The van der Waals surface area contributed by atoms with Crippen LogP contribution in [-0.2, 0) is 11.2 Å². The van der Waals surface area contributed by atoms with Crippen molar-refractivity contribution in [3.8, 4) is 0 Å². The van der Waals surface area contributed by atoms with Crippen LogP contribution in [0, 0.1) is 11.8 Å². The van der Waals surface area contributed by atoms with Gasteiger partial charge in [-0.05, 0) is 48.2 Å². The number of benzene rings is 2. The number of rotatable bonds is 4. The second-order valence-electron chi connectivity index (χ2n) is 8.26. The number of hydrogen-bond acceptors (Lipinski definition) is 3. The van der Waals surface area contributed by atoms with Crippen molar-refractivity contribution in [3.05, 3.63) is 59.1 Å². The lowest BCUT2D eigenvalue weighted by Crippen LogP contribution is -2.61. The van der Waals surface area contributed by atoms with Crippen LogP contribution in [0.2, 0.25) is 5.02 Å². The summed E-state index contributed by atoms with van der Waals surface area (Å²) in [4.78, 5) is 17.9. The molecule has 2 aliphatic rings. The first kappa shape index (κ1) is 19.1. The highest BCUT2D eigenvalue weighted by atomic mass is 35.5. The van der Waals surface area contributed by atoms with Crippen LogP contribution >= 0.6 is 11.6 Å². The first-order valence-corrected chi connectivity index (χ1v) is 10.5. The maximum Gasteiger partial charge on any atom is 0.225 e. The van der Waals surface area contributed by atoms with Gasteiger partial charge in [0.25, 0.3) is 0 Å². The van der Waals surface area contributed by atoms with Gasteiger partial charge in [0, 0.05) is 42.6 Å². The van der Waals surface area contributed by atoms with E-state index in [9.17, 15) is 4.79 Å². The van der Waals surface area contributed by atoms with E-state index in [4.69, 9.17) is 11.6 Å². The largest absolute Gasteiger partial charge is 0.368 e. The van der Waals surface area contributed by atoms with E-state index in [1.165, 1.54) is 16.9 Å². The molecule has 2 unspecified atom stereocenters. The molecule has 4 rings (SSSR count). The molecule has 28 heavy (non-hydrogen) atoms. The molecule has 1 saturated heterocycles. The molecule has 2 aromatic carbocycles. The van der Waals surface area contributed by atoms with Crippen molar-refractivity contribution >= 4 is 28.9 Å². The van der Waals surface area contributed by atoms with Gasteiger partial charge in [-0.3, -0.25) is 4.79 Å². The predicted octanol–water partition coefficient (Wildman–Crippen LogP) is 3.98. The molecule has 2 heterocycles. The third-order valence-corrected chi connectivity index (χ3v) is 6.09. The Hall–Kier alpha value is -2.20. The van der Waals surface area contributed by atoms with Crippen LogP contribution in [-0.4, -0.2) is 38.1 Å². The monoisotopic (exact) mass is 397 g/mol. The zero-order chi connectivity index (χ0) is 19.7. The van der Waals surface area contributed by atoms with Crippen LogP contribution in [0.1, 0.15) is 19.4 Å². The molecule has 5 heteroatoms. The average Bonchev–Trinajstić information content (AvgIpc) is 2.71. The van der Waals surface area contributed by atoms with Gasteiger partial charge in [0.15, 0.2) is 0 Å². The number of halogens is 1. The van der Waals surface area contributed by atoms with Crippen LogP contribution in [0.25, 0.3) is 0 Å². The zero-order valence-electron chi connectivity index (χ0n) is 16.6. The first-order chi connectivity index (χ1) is 13.5. The summed E-state index contributed by atoms with van der Waals surface area (Å²) in [6.07, 6.45) is 0.801. The summed E-state index contributed by atoms with van der Waals surface area (Å²) in [7, 11) is 0. The summed E-state index contributed by atoms with van der Waals surface area (Å²) >= 11 is 6.06. The van der Waals surface area contributed by atoms with Crippen molar-refractivity contribution in [2.45, 2.75) is 26.3 Å². The van der Waals surface area contributed by atoms with Crippen molar-refractivity contribution in [3.63, 3.8) is 0 Å². The number of nitrogens with zero attached hydrogens (tertiary/aromatic N) is 2. The van der Waals surface area contributed by atoms with Crippen molar-refractivity contribution in [2.24, 2.45) is 11.8 Å². The molecule has 0 radical (unpaired) electrons. The second-order valence-corrected chi connectivity index (χ2v) is 8.70. The summed E-state index contributed by atoms with van der Waals surface area (Å²) in [6, 6.07) is 16.7. The average molecular weight is 398 g/mol. The van der Waals surface area contributed by atoms with Crippen molar-refractivity contribution in [1.29, 1.82) is 0 Å². The highest BCUT2D eigenvalue weighted by Gasteiger charge is 2.41. The fourth-order valence-electron chi connectivity index (χ4n) is 4.38. The Morgan fingerprint density at radius 2 is 1.89 bits per heavy atom. The molecule has 2 atom stereocenters. The Morgan fingerprint density at radius 3 is 2.64 bits per heavy atom. The fourth-order valence-corrected chi connectivity index (χ4v) is 4.51. The Bertz CT molecular complexity index is 836. The molecule has 2 aliphatic heterocycles. The molecule has 2 aromatic rings. The molecule has 0 aromatic heterocycles. The highest BCUT2D eigenvalue weighted by molar-refractivity contribution is 6.30. The van der Waals surface area contributed by atoms with Gasteiger partial charge in [0.05, 0.1) is 12.0 Å². The Balaban J connectivity index is 1.61. The first-order valence-electron chi connectivity index (χ1n) is 10.2. The third kappa shape index (κ3) is 3.83. The molecular formula is C23H28ClN3O. The number of amides is 1. The summed E-state index contributed by atoms with van der Waals surface area (Å²) in [5.41, 5.74) is 3.74. The van der Waals surface area contributed by atoms with E-state index in [1.807, 2.05) is 12.1 Å². The van der Waals surface area contributed by atoms with Crippen LogP contribution < -0.4 is 15.1 Å². The number of piperazine rings is 1. The van der Waals surface area contributed by atoms with E-state index < -0.39 is 0 Å². The molecule has 0 aliphatic carbocycles. The molecular weight excluding hydrogens is 370 g/mol. The van der Waals surface area contributed by atoms with E-state index >= 15 is 0 Å². The number of anilines is 2.